The molecule has 0 aliphatic rings. The molecule has 0 unspecified atom stereocenters. The first-order chi connectivity index (χ1) is 10.9. The van der Waals surface area contributed by atoms with Crippen molar-refractivity contribution in [2.75, 3.05) is 5.32 Å². The lowest BCUT2D eigenvalue weighted by molar-refractivity contribution is -0.140. The van der Waals surface area contributed by atoms with Crippen LogP contribution in [0.4, 0.5) is 5.69 Å². The van der Waals surface area contributed by atoms with Gasteiger partial charge in [0.2, 0.25) is 5.91 Å². The van der Waals surface area contributed by atoms with Gasteiger partial charge in [-0.15, -0.1) is 0 Å². The number of benzene rings is 2. The van der Waals surface area contributed by atoms with Crippen LogP contribution >= 0.6 is 11.6 Å². The standard InChI is InChI=1S/C18H18ClNO3/c1-12-2-4-13(5-3-12)10-14(11-17(21)22)18(23)20-16-8-6-15(19)7-9-16/h2-9,14H,10-11H2,1H3,(H,20,23)(H,21,22)/t14-/m0/s1. The van der Waals surface area contributed by atoms with Gasteiger partial charge in [0, 0.05) is 10.7 Å². The summed E-state index contributed by atoms with van der Waals surface area (Å²) >= 11 is 5.81. The first kappa shape index (κ1) is 17.0. The number of rotatable bonds is 6. The second kappa shape index (κ2) is 7.79. The van der Waals surface area contributed by atoms with Crippen molar-refractivity contribution in [2.45, 2.75) is 19.8 Å². The molecule has 0 aromatic heterocycles. The van der Waals surface area contributed by atoms with Crippen molar-refractivity contribution in [1.29, 1.82) is 0 Å². The summed E-state index contributed by atoms with van der Waals surface area (Å²) in [5.41, 5.74) is 2.65. The summed E-state index contributed by atoms with van der Waals surface area (Å²) in [6.07, 6.45) is 0.166. The monoisotopic (exact) mass is 331 g/mol. The Morgan fingerprint density at radius 1 is 1.09 bits per heavy atom. The highest BCUT2D eigenvalue weighted by molar-refractivity contribution is 6.30. The Hall–Kier alpha value is -2.33. The number of nitrogens with one attached hydrogen (secondary N) is 1. The zero-order valence-corrected chi connectivity index (χ0v) is 13.5. The van der Waals surface area contributed by atoms with Crippen LogP contribution in [-0.4, -0.2) is 17.0 Å². The number of halogens is 1. The number of carboxylic acids is 1. The molecule has 0 fully saturated rings. The molecule has 1 atom stereocenters. The Labute approximate surface area is 140 Å². The molecule has 23 heavy (non-hydrogen) atoms. The third kappa shape index (κ3) is 5.42. The molecule has 120 valence electrons. The molecule has 2 aromatic rings. The van der Waals surface area contributed by atoms with Crippen LogP contribution in [-0.2, 0) is 16.0 Å². The number of amides is 1. The van der Waals surface area contributed by atoms with Gasteiger partial charge in [-0.05, 0) is 43.2 Å². The van der Waals surface area contributed by atoms with E-state index in [-0.39, 0.29) is 12.3 Å². The lowest BCUT2D eigenvalue weighted by Gasteiger charge is -2.15. The largest absolute Gasteiger partial charge is 0.481 e. The minimum atomic E-state index is -0.992. The number of anilines is 1. The number of aryl methyl sites for hydroxylation is 1. The highest BCUT2D eigenvalue weighted by Gasteiger charge is 2.22. The van der Waals surface area contributed by atoms with Gasteiger partial charge >= 0.3 is 5.97 Å². The summed E-state index contributed by atoms with van der Waals surface area (Å²) in [4.78, 5) is 23.5. The van der Waals surface area contributed by atoms with Gasteiger partial charge < -0.3 is 10.4 Å². The molecule has 0 saturated heterocycles. The Bertz CT molecular complexity index is 680. The van der Waals surface area contributed by atoms with Crippen molar-refractivity contribution < 1.29 is 14.7 Å². The topological polar surface area (TPSA) is 66.4 Å². The first-order valence-electron chi connectivity index (χ1n) is 7.28. The van der Waals surface area contributed by atoms with E-state index in [1.807, 2.05) is 31.2 Å². The van der Waals surface area contributed by atoms with Crippen LogP contribution < -0.4 is 5.32 Å². The second-order valence-electron chi connectivity index (χ2n) is 5.48. The summed E-state index contributed by atoms with van der Waals surface area (Å²) in [6.45, 7) is 1.98. The first-order valence-corrected chi connectivity index (χ1v) is 7.65. The maximum Gasteiger partial charge on any atom is 0.304 e. The molecule has 1 amide bonds. The lowest BCUT2D eigenvalue weighted by Crippen LogP contribution is -2.27. The summed E-state index contributed by atoms with van der Waals surface area (Å²) in [5.74, 6) is -1.94. The predicted octanol–water partition coefficient (Wildman–Crippen LogP) is 3.92. The molecule has 0 aliphatic heterocycles. The molecule has 0 spiro atoms. The van der Waals surface area contributed by atoms with E-state index in [2.05, 4.69) is 5.32 Å². The highest BCUT2D eigenvalue weighted by Crippen LogP contribution is 2.18. The molecule has 5 heteroatoms. The van der Waals surface area contributed by atoms with Crippen LogP contribution in [0.25, 0.3) is 0 Å². The van der Waals surface area contributed by atoms with E-state index in [1.165, 1.54) is 0 Å². The third-order valence-electron chi connectivity index (χ3n) is 3.51. The Balaban J connectivity index is 2.09. The van der Waals surface area contributed by atoms with Gasteiger partial charge in [0.25, 0.3) is 0 Å². The minimum Gasteiger partial charge on any atom is -0.481 e. The molecule has 0 heterocycles. The van der Waals surface area contributed by atoms with Crippen LogP contribution in [0.15, 0.2) is 48.5 Å². The van der Waals surface area contributed by atoms with Gasteiger partial charge in [0.05, 0.1) is 12.3 Å². The average molecular weight is 332 g/mol. The van der Waals surface area contributed by atoms with Crippen molar-refractivity contribution >= 4 is 29.2 Å². The Morgan fingerprint density at radius 3 is 2.26 bits per heavy atom. The van der Waals surface area contributed by atoms with Gasteiger partial charge in [-0.25, -0.2) is 0 Å². The van der Waals surface area contributed by atoms with E-state index in [4.69, 9.17) is 16.7 Å². The second-order valence-corrected chi connectivity index (χ2v) is 5.92. The lowest BCUT2D eigenvalue weighted by atomic mass is 9.94. The number of aliphatic carboxylic acids is 1. The summed E-state index contributed by atoms with van der Waals surface area (Å²) < 4.78 is 0. The van der Waals surface area contributed by atoms with E-state index in [0.29, 0.717) is 17.1 Å². The van der Waals surface area contributed by atoms with Crippen molar-refractivity contribution in [3.8, 4) is 0 Å². The molecule has 2 N–H and O–H groups in total. The van der Waals surface area contributed by atoms with Crippen LogP contribution in [0.2, 0.25) is 5.02 Å². The summed E-state index contributed by atoms with van der Waals surface area (Å²) in [7, 11) is 0. The molecule has 0 radical (unpaired) electrons. The molecule has 0 aliphatic carbocycles. The highest BCUT2D eigenvalue weighted by atomic mass is 35.5. The average Bonchev–Trinajstić information content (AvgIpc) is 2.50. The van der Waals surface area contributed by atoms with Crippen molar-refractivity contribution in [3.63, 3.8) is 0 Å². The third-order valence-corrected chi connectivity index (χ3v) is 3.76. The van der Waals surface area contributed by atoms with E-state index < -0.39 is 11.9 Å². The fraction of sp³-hybridized carbons (Fsp3) is 0.222. The van der Waals surface area contributed by atoms with Gasteiger partial charge in [-0.2, -0.15) is 0 Å². The van der Waals surface area contributed by atoms with Crippen molar-refractivity contribution in [2.24, 2.45) is 5.92 Å². The number of carboxylic acid groups (broad SMARTS) is 1. The summed E-state index contributed by atoms with van der Waals surface area (Å²) in [5, 5.41) is 12.4. The van der Waals surface area contributed by atoms with Gasteiger partial charge in [0.1, 0.15) is 0 Å². The van der Waals surface area contributed by atoms with E-state index in [1.54, 1.807) is 24.3 Å². The molecular formula is C18H18ClNO3. The van der Waals surface area contributed by atoms with E-state index in [0.717, 1.165) is 11.1 Å². The maximum absolute atomic E-state index is 12.4. The number of carbonyl (C=O) groups is 2. The minimum absolute atomic E-state index is 0.215. The summed E-state index contributed by atoms with van der Waals surface area (Å²) in [6, 6.07) is 14.4. The van der Waals surface area contributed by atoms with Crippen LogP contribution in [0.3, 0.4) is 0 Å². The van der Waals surface area contributed by atoms with Crippen molar-refractivity contribution in [1.82, 2.24) is 0 Å². The predicted molar refractivity (Wildman–Crippen MR) is 90.7 cm³/mol. The van der Waals surface area contributed by atoms with Crippen LogP contribution in [0.5, 0.6) is 0 Å². The fourth-order valence-corrected chi connectivity index (χ4v) is 2.38. The van der Waals surface area contributed by atoms with Crippen LogP contribution in [0, 0.1) is 12.8 Å². The number of carbonyl (C=O) groups excluding carboxylic acids is 1. The Morgan fingerprint density at radius 2 is 1.70 bits per heavy atom. The molecule has 0 bridgehead atoms. The van der Waals surface area contributed by atoms with Crippen LogP contribution in [0.1, 0.15) is 17.5 Å². The fourth-order valence-electron chi connectivity index (χ4n) is 2.25. The molecular weight excluding hydrogens is 314 g/mol. The normalized spacial score (nSPS) is 11.7. The number of hydrogen-bond donors (Lipinski definition) is 2. The van der Waals surface area contributed by atoms with Gasteiger partial charge in [-0.3, -0.25) is 9.59 Å². The quantitative estimate of drug-likeness (QED) is 0.843. The molecule has 2 rings (SSSR count). The SMILES string of the molecule is Cc1ccc(C[C@@H](CC(=O)O)C(=O)Nc2ccc(Cl)cc2)cc1. The zero-order valence-electron chi connectivity index (χ0n) is 12.8. The molecule has 0 saturated carbocycles. The Kier molecular flexibility index (Phi) is 5.77. The van der Waals surface area contributed by atoms with Crippen molar-refractivity contribution in [3.05, 3.63) is 64.7 Å². The molecule has 2 aromatic carbocycles. The van der Waals surface area contributed by atoms with E-state index in [9.17, 15) is 9.59 Å². The van der Waals surface area contributed by atoms with Gasteiger partial charge in [-0.1, -0.05) is 41.4 Å². The zero-order chi connectivity index (χ0) is 16.8. The number of hydrogen-bond acceptors (Lipinski definition) is 2. The van der Waals surface area contributed by atoms with E-state index >= 15 is 0 Å². The molecule has 4 nitrogen and oxygen atoms in total. The maximum atomic E-state index is 12.4. The smallest absolute Gasteiger partial charge is 0.304 e. The van der Waals surface area contributed by atoms with Gasteiger partial charge in [0.15, 0.2) is 0 Å².